The van der Waals surface area contributed by atoms with Crippen LogP contribution in [0.25, 0.3) is 0 Å². The van der Waals surface area contributed by atoms with Gasteiger partial charge in [-0.2, -0.15) is 0 Å². The monoisotopic (exact) mass is 269 g/mol. The molecule has 3 N–H and O–H groups in total. The zero-order valence-corrected chi connectivity index (χ0v) is 10.7. The van der Waals surface area contributed by atoms with Gasteiger partial charge in [-0.25, -0.2) is 4.79 Å². The van der Waals surface area contributed by atoms with Crippen LogP contribution in [0, 0.1) is 5.92 Å². The van der Waals surface area contributed by atoms with E-state index in [-0.39, 0.29) is 12.6 Å². The van der Waals surface area contributed by atoms with Gasteiger partial charge >= 0.3 is 12.0 Å². The predicted molar refractivity (Wildman–Crippen MR) is 66.3 cm³/mol. The highest BCUT2D eigenvalue weighted by Crippen LogP contribution is 2.22. The first-order chi connectivity index (χ1) is 9.00. The van der Waals surface area contributed by atoms with Gasteiger partial charge in [0.15, 0.2) is 0 Å². The molecule has 2 rings (SSSR count). The number of likely N-dealkylation sites (tertiary alicyclic amines) is 2. The van der Waals surface area contributed by atoms with Crippen LogP contribution in [-0.2, 0) is 9.59 Å². The topological polar surface area (TPSA) is 104 Å². The van der Waals surface area contributed by atoms with Crippen LogP contribution in [0.2, 0.25) is 0 Å². The molecule has 0 saturated carbocycles. The van der Waals surface area contributed by atoms with Gasteiger partial charge in [-0.15, -0.1) is 0 Å². The molecule has 2 atom stereocenters. The van der Waals surface area contributed by atoms with Crippen LogP contribution in [0.5, 0.6) is 0 Å². The standard InChI is InChI=1S/C12H19N3O4/c13-10(16)9-4-2-6-15(9)12(19)14-5-1-3-8(7-14)11(17)18/h8-9H,1-7H2,(H2,13,16)(H,17,18)/t8-,9?/m1/s1. The summed E-state index contributed by atoms with van der Waals surface area (Å²) in [7, 11) is 0. The Morgan fingerprint density at radius 1 is 1.11 bits per heavy atom. The maximum Gasteiger partial charge on any atom is 0.320 e. The summed E-state index contributed by atoms with van der Waals surface area (Å²) in [5.74, 6) is -1.87. The van der Waals surface area contributed by atoms with Crippen LogP contribution in [0.1, 0.15) is 25.7 Å². The number of piperidine rings is 1. The van der Waals surface area contributed by atoms with Crippen molar-refractivity contribution in [3.63, 3.8) is 0 Å². The molecule has 2 aliphatic heterocycles. The normalized spacial score (nSPS) is 27.4. The van der Waals surface area contributed by atoms with Crippen molar-refractivity contribution in [1.29, 1.82) is 0 Å². The number of carbonyl (C=O) groups is 3. The quantitative estimate of drug-likeness (QED) is 0.727. The number of amides is 3. The second-order valence-corrected chi connectivity index (χ2v) is 5.16. The van der Waals surface area contributed by atoms with Gasteiger partial charge in [0, 0.05) is 19.6 Å². The number of primary amides is 1. The highest BCUT2D eigenvalue weighted by molar-refractivity contribution is 5.86. The molecule has 1 unspecified atom stereocenters. The van der Waals surface area contributed by atoms with Crippen molar-refractivity contribution in [1.82, 2.24) is 9.80 Å². The van der Waals surface area contributed by atoms with E-state index in [4.69, 9.17) is 10.8 Å². The summed E-state index contributed by atoms with van der Waals surface area (Å²) in [5.41, 5.74) is 5.29. The summed E-state index contributed by atoms with van der Waals surface area (Å²) in [6.07, 6.45) is 2.63. The Bertz CT molecular complexity index is 398. The number of carbonyl (C=O) groups excluding carboxylic acids is 2. The van der Waals surface area contributed by atoms with Crippen molar-refractivity contribution in [2.24, 2.45) is 11.7 Å². The van der Waals surface area contributed by atoms with Crippen LogP contribution in [0.15, 0.2) is 0 Å². The lowest BCUT2D eigenvalue weighted by Gasteiger charge is -2.35. The zero-order chi connectivity index (χ0) is 14.0. The number of nitrogens with two attached hydrogens (primary N) is 1. The number of rotatable bonds is 2. The summed E-state index contributed by atoms with van der Waals surface area (Å²) < 4.78 is 0. The number of urea groups is 1. The third-order valence-corrected chi connectivity index (χ3v) is 3.87. The predicted octanol–water partition coefficient (Wildman–Crippen LogP) is -0.147. The van der Waals surface area contributed by atoms with Gasteiger partial charge in [0.2, 0.25) is 5.91 Å². The molecular formula is C12H19N3O4. The van der Waals surface area contributed by atoms with Crippen molar-refractivity contribution < 1.29 is 19.5 Å². The Balaban J connectivity index is 2.02. The smallest absolute Gasteiger partial charge is 0.320 e. The van der Waals surface area contributed by atoms with E-state index < -0.39 is 23.8 Å². The number of nitrogens with zero attached hydrogens (tertiary/aromatic N) is 2. The molecule has 0 aliphatic carbocycles. The van der Waals surface area contributed by atoms with Gasteiger partial charge in [0.1, 0.15) is 6.04 Å². The fraction of sp³-hybridized carbons (Fsp3) is 0.750. The highest BCUT2D eigenvalue weighted by atomic mass is 16.4. The molecule has 7 heteroatoms. The Hall–Kier alpha value is -1.79. The Morgan fingerprint density at radius 3 is 2.42 bits per heavy atom. The Labute approximate surface area is 111 Å². The van der Waals surface area contributed by atoms with Crippen molar-refractivity contribution >= 4 is 17.9 Å². The van der Waals surface area contributed by atoms with E-state index in [1.807, 2.05) is 0 Å². The molecule has 0 aromatic heterocycles. The van der Waals surface area contributed by atoms with Crippen molar-refractivity contribution in [2.45, 2.75) is 31.7 Å². The molecule has 2 aliphatic rings. The fourth-order valence-electron chi connectivity index (χ4n) is 2.83. The minimum absolute atomic E-state index is 0.218. The van der Waals surface area contributed by atoms with Gasteiger partial charge < -0.3 is 20.6 Å². The molecule has 2 saturated heterocycles. The van der Waals surface area contributed by atoms with Gasteiger partial charge in [0.25, 0.3) is 0 Å². The molecule has 0 aromatic rings. The minimum atomic E-state index is -0.870. The van der Waals surface area contributed by atoms with Crippen LogP contribution in [0.3, 0.4) is 0 Å². The summed E-state index contributed by atoms with van der Waals surface area (Å²) in [4.78, 5) is 37.6. The first-order valence-corrected chi connectivity index (χ1v) is 6.58. The van der Waals surface area contributed by atoms with E-state index in [2.05, 4.69) is 0 Å². The molecule has 0 spiro atoms. The third kappa shape index (κ3) is 2.80. The lowest BCUT2D eigenvalue weighted by molar-refractivity contribution is -0.143. The number of carboxylic acid groups (broad SMARTS) is 1. The molecule has 2 heterocycles. The molecule has 2 fully saturated rings. The van der Waals surface area contributed by atoms with Crippen LogP contribution >= 0.6 is 0 Å². The number of carboxylic acids is 1. The fourth-order valence-corrected chi connectivity index (χ4v) is 2.83. The SMILES string of the molecule is NC(=O)C1CCCN1C(=O)N1CCC[C@@H](C(=O)O)C1. The van der Waals surface area contributed by atoms with E-state index in [0.717, 1.165) is 6.42 Å². The molecule has 0 bridgehead atoms. The number of hydrogen-bond donors (Lipinski definition) is 2. The van der Waals surface area contributed by atoms with E-state index in [9.17, 15) is 14.4 Å². The average molecular weight is 269 g/mol. The Kier molecular flexibility index (Phi) is 3.92. The Morgan fingerprint density at radius 2 is 1.79 bits per heavy atom. The van der Waals surface area contributed by atoms with E-state index in [1.165, 1.54) is 9.80 Å². The lowest BCUT2D eigenvalue weighted by Crippen LogP contribution is -2.52. The largest absolute Gasteiger partial charge is 0.481 e. The van der Waals surface area contributed by atoms with Crippen molar-refractivity contribution in [3.8, 4) is 0 Å². The van der Waals surface area contributed by atoms with Crippen LogP contribution < -0.4 is 5.73 Å². The van der Waals surface area contributed by atoms with Gasteiger partial charge in [0.05, 0.1) is 5.92 Å². The summed E-state index contributed by atoms with van der Waals surface area (Å²) in [5, 5.41) is 9.02. The molecule has 0 radical (unpaired) electrons. The van der Waals surface area contributed by atoms with E-state index >= 15 is 0 Å². The first-order valence-electron chi connectivity index (χ1n) is 6.58. The summed E-state index contributed by atoms with van der Waals surface area (Å²) in [6, 6.07) is -0.801. The summed E-state index contributed by atoms with van der Waals surface area (Å²) >= 11 is 0. The second kappa shape index (κ2) is 5.46. The van der Waals surface area contributed by atoms with Crippen molar-refractivity contribution in [2.75, 3.05) is 19.6 Å². The van der Waals surface area contributed by atoms with E-state index in [1.54, 1.807) is 0 Å². The highest BCUT2D eigenvalue weighted by Gasteiger charge is 2.37. The first kappa shape index (κ1) is 13.6. The van der Waals surface area contributed by atoms with Crippen molar-refractivity contribution in [3.05, 3.63) is 0 Å². The van der Waals surface area contributed by atoms with Gasteiger partial charge in [-0.1, -0.05) is 0 Å². The number of aliphatic carboxylic acids is 1. The average Bonchev–Trinajstić information content (AvgIpc) is 2.87. The van der Waals surface area contributed by atoms with Gasteiger partial charge in [-0.05, 0) is 25.7 Å². The lowest BCUT2D eigenvalue weighted by atomic mass is 9.98. The second-order valence-electron chi connectivity index (χ2n) is 5.16. The molecule has 7 nitrogen and oxygen atoms in total. The van der Waals surface area contributed by atoms with Crippen LogP contribution in [-0.4, -0.2) is 58.5 Å². The number of hydrogen-bond acceptors (Lipinski definition) is 3. The minimum Gasteiger partial charge on any atom is -0.481 e. The molecule has 0 aromatic carbocycles. The molecular weight excluding hydrogens is 250 g/mol. The van der Waals surface area contributed by atoms with Gasteiger partial charge in [-0.3, -0.25) is 9.59 Å². The maximum absolute atomic E-state index is 12.3. The molecule has 106 valence electrons. The summed E-state index contributed by atoms with van der Waals surface area (Å²) in [6.45, 7) is 1.28. The van der Waals surface area contributed by atoms with E-state index in [0.29, 0.717) is 32.4 Å². The third-order valence-electron chi connectivity index (χ3n) is 3.87. The zero-order valence-electron chi connectivity index (χ0n) is 10.7. The maximum atomic E-state index is 12.3. The van der Waals surface area contributed by atoms with Crippen LogP contribution in [0.4, 0.5) is 4.79 Å². The molecule has 19 heavy (non-hydrogen) atoms. The molecule has 3 amide bonds.